The zero-order chi connectivity index (χ0) is 33.0. The third-order valence-corrected chi connectivity index (χ3v) is 11.1. The van der Waals surface area contributed by atoms with Crippen LogP contribution in [0.4, 0.5) is 0 Å². The fourth-order valence-electron chi connectivity index (χ4n) is 7.44. The quantitative estimate of drug-likeness (QED) is 0.200. The smallest absolute Gasteiger partial charge is 0.209 e. The van der Waals surface area contributed by atoms with Crippen LogP contribution in [0.2, 0.25) is 0 Å². The molecule has 0 bridgehead atoms. The van der Waals surface area contributed by atoms with Gasteiger partial charge in [0.05, 0.1) is 22.8 Å². The van der Waals surface area contributed by atoms with Crippen LogP contribution in [0.15, 0.2) is 181 Å². The lowest BCUT2D eigenvalue weighted by molar-refractivity contribution is 0.760. The van der Waals surface area contributed by atoms with E-state index in [0.29, 0.717) is 0 Å². The highest BCUT2D eigenvalue weighted by molar-refractivity contribution is 7.26. The lowest BCUT2D eigenvalue weighted by Gasteiger charge is -2.25. The summed E-state index contributed by atoms with van der Waals surface area (Å²) < 4.78 is 4.95. The number of aromatic nitrogens is 1. The lowest BCUT2D eigenvalue weighted by atomic mass is 10.00. The Labute approximate surface area is 294 Å². The van der Waals surface area contributed by atoms with Crippen LogP contribution in [0.1, 0.15) is 17.2 Å². The van der Waals surface area contributed by atoms with Gasteiger partial charge in [0.15, 0.2) is 0 Å². The average molecular weight is 658 g/mol. The highest BCUT2D eigenvalue weighted by Crippen LogP contribution is 2.41. The van der Waals surface area contributed by atoms with Gasteiger partial charge in [-0.3, -0.25) is 4.57 Å². The minimum atomic E-state index is -0.0476. The molecular weight excluding hydrogens is 627 g/mol. The molecule has 0 saturated carbocycles. The maximum Gasteiger partial charge on any atom is 0.209 e. The first-order valence-electron chi connectivity index (χ1n) is 17.0. The molecule has 0 amide bonds. The Hall–Kier alpha value is -6.23. The van der Waals surface area contributed by atoms with Gasteiger partial charge in [-0.15, -0.1) is 11.3 Å². The number of aliphatic imine (C=N–C) groups is 1. The summed E-state index contributed by atoms with van der Waals surface area (Å²) in [5.74, 6) is 0.814. The van der Waals surface area contributed by atoms with E-state index in [0.717, 1.165) is 28.3 Å². The number of nitrogens with zero attached hydrogens (tertiary/aromatic N) is 2. The number of fused-ring (bicyclic) bond motifs is 6. The monoisotopic (exact) mass is 657 g/mol. The van der Waals surface area contributed by atoms with Crippen molar-refractivity contribution in [3.8, 4) is 22.3 Å². The first-order valence-corrected chi connectivity index (χ1v) is 17.8. The van der Waals surface area contributed by atoms with Crippen LogP contribution in [0.25, 0.3) is 69.9 Å². The zero-order valence-electron chi connectivity index (χ0n) is 27.1. The highest BCUT2D eigenvalue weighted by Gasteiger charge is 2.23. The molecule has 1 N–H and O–H groups in total. The first-order chi connectivity index (χ1) is 24.8. The predicted octanol–water partition coefficient (Wildman–Crippen LogP) is 12.1. The fourth-order valence-corrected chi connectivity index (χ4v) is 8.68. The highest BCUT2D eigenvalue weighted by atomic mass is 32.1. The molecule has 0 aliphatic carbocycles. The molecule has 1 atom stereocenters. The Morgan fingerprint density at radius 2 is 1.14 bits per heavy atom. The van der Waals surface area contributed by atoms with E-state index in [9.17, 15) is 0 Å². The van der Waals surface area contributed by atoms with Crippen molar-refractivity contribution in [2.75, 3.05) is 0 Å². The van der Waals surface area contributed by atoms with Gasteiger partial charge in [0.2, 0.25) is 5.96 Å². The van der Waals surface area contributed by atoms with E-state index >= 15 is 0 Å². The van der Waals surface area contributed by atoms with Crippen molar-refractivity contribution in [3.63, 3.8) is 0 Å². The van der Waals surface area contributed by atoms with E-state index in [1.807, 2.05) is 11.3 Å². The Bertz CT molecular complexity index is 2770. The van der Waals surface area contributed by atoms with Crippen LogP contribution in [-0.4, -0.2) is 10.5 Å². The summed E-state index contributed by atoms with van der Waals surface area (Å²) in [4.78, 5) is 5.35. The standard InChI is InChI=1S/C46H31N3S/c1-3-12-30(13-4-1)31-22-24-33(25-23-31)41-29-40(32-14-5-2-6-15-32)47-46(48-41)49-42-20-9-7-16-36(42)39-28-34(26-27-43(39)49)35-18-11-19-38-37-17-8-10-21-44(37)50-45(35)38/h1-29,40H,(H,47,48). The van der Waals surface area contributed by atoms with Gasteiger partial charge in [0.1, 0.15) is 0 Å². The Morgan fingerprint density at radius 3 is 1.98 bits per heavy atom. The minimum absolute atomic E-state index is 0.0476. The van der Waals surface area contributed by atoms with Crippen molar-refractivity contribution in [1.82, 2.24) is 9.88 Å². The van der Waals surface area contributed by atoms with Crippen molar-refractivity contribution >= 4 is 65.0 Å². The summed E-state index contributed by atoms with van der Waals surface area (Å²) in [6.07, 6.45) is 2.24. The molecule has 3 heterocycles. The second-order valence-electron chi connectivity index (χ2n) is 12.8. The molecule has 0 fully saturated rings. The Morgan fingerprint density at radius 1 is 0.500 bits per heavy atom. The average Bonchev–Trinajstić information content (AvgIpc) is 3.74. The zero-order valence-corrected chi connectivity index (χ0v) is 27.9. The van der Waals surface area contributed by atoms with E-state index in [1.165, 1.54) is 58.8 Å². The van der Waals surface area contributed by atoms with E-state index < -0.39 is 0 Å². The van der Waals surface area contributed by atoms with Gasteiger partial charge in [-0.2, -0.15) is 0 Å². The molecule has 7 aromatic carbocycles. The summed E-state index contributed by atoms with van der Waals surface area (Å²) in [7, 11) is 0. The number of rotatable bonds is 4. The molecule has 10 rings (SSSR count). The van der Waals surface area contributed by atoms with E-state index in [4.69, 9.17) is 4.99 Å². The Kier molecular flexibility index (Phi) is 6.74. The second kappa shape index (κ2) is 11.7. The summed E-state index contributed by atoms with van der Waals surface area (Å²) in [6, 6.07) is 60.9. The van der Waals surface area contributed by atoms with Gasteiger partial charge in [0.25, 0.3) is 0 Å². The maximum atomic E-state index is 5.35. The fraction of sp³-hybridized carbons (Fsp3) is 0.0217. The van der Waals surface area contributed by atoms with Gasteiger partial charge < -0.3 is 5.32 Å². The predicted molar refractivity (Wildman–Crippen MR) is 213 cm³/mol. The molecule has 3 nitrogen and oxygen atoms in total. The molecule has 50 heavy (non-hydrogen) atoms. The van der Waals surface area contributed by atoms with Crippen molar-refractivity contribution in [3.05, 3.63) is 187 Å². The van der Waals surface area contributed by atoms with Crippen LogP contribution < -0.4 is 5.32 Å². The van der Waals surface area contributed by atoms with Crippen molar-refractivity contribution in [1.29, 1.82) is 0 Å². The van der Waals surface area contributed by atoms with Gasteiger partial charge >= 0.3 is 0 Å². The number of hydrogen-bond acceptors (Lipinski definition) is 3. The first kappa shape index (κ1) is 28.8. The number of nitrogens with one attached hydrogen (secondary N) is 1. The van der Waals surface area contributed by atoms with Crippen molar-refractivity contribution in [2.45, 2.75) is 6.04 Å². The number of benzene rings is 7. The van der Waals surface area contributed by atoms with Crippen LogP contribution in [0.5, 0.6) is 0 Å². The van der Waals surface area contributed by atoms with E-state index in [1.54, 1.807) is 0 Å². The normalized spacial score (nSPS) is 14.6. The largest absolute Gasteiger partial charge is 0.345 e. The Balaban J connectivity index is 1.13. The van der Waals surface area contributed by atoms with E-state index in [2.05, 4.69) is 186 Å². The topological polar surface area (TPSA) is 29.3 Å². The van der Waals surface area contributed by atoms with Crippen LogP contribution in [0.3, 0.4) is 0 Å². The van der Waals surface area contributed by atoms with Crippen LogP contribution in [-0.2, 0) is 0 Å². The molecule has 0 spiro atoms. The lowest BCUT2D eigenvalue weighted by Crippen LogP contribution is -2.35. The molecule has 1 aliphatic rings. The number of hydrogen-bond donors (Lipinski definition) is 1. The third kappa shape index (κ3) is 4.76. The molecule has 1 unspecified atom stereocenters. The summed E-state index contributed by atoms with van der Waals surface area (Å²) in [5, 5.41) is 8.86. The molecule has 236 valence electrons. The molecule has 1 aliphatic heterocycles. The third-order valence-electron chi connectivity index (χ3n) is 9.88. The van der Waals surface area contributed by atoms with Crippen LogP contribution >= 0.6 is 11.3 Å². The molecule has 9 aromatic rings. The van der Waals surface area contributed by atoms with Gasteiger partial charge in [-0.1, -0.05) is 146 Å². The number of para-hydroxylation sites is 1. The van der Waals surface area contributed by atoms with Gasteiger partial charge in [-0.05, 0) is 58.2 Å². The molecule has 2 aromatic heterocycles. The second-order valence-corrected chi connectivity index (χ2v) is 13.9. The molecule has 4 heteroatoms. The minimum Gasteiger partial charge on any atom is -0.345 e. The maximum absolute atomic E-state index is 5.35. The summed E-state index contributed by atoms with van der Waals surface area (Å²) in [6.45, 7) is 0. The van der Waals surface area contributed by atoms with Crippen molar-refractivity contribution in [2.24, 2.45) is 4.99 Å². The number of thiophene rings is 1. The SMILES string of the molecule is C1=C(c2ccc(-c3ccccc3)cc2)N=C(n2c3ccccc3c3cc(-c4cccc5c4sc4ccccc45)ccc32)NC1c1ccccc1. The van der Waals surface area contributed by atoms with Gasteiger partial charge in [-0.25, -0.2) is 4.99 Å². The van der Waals surface area contributed by atoms with Crippen molar-refractivity contribution < 1.29 is 0 Å². The molecule has 0 radical (unpaired) electrons. The van der Waals surface area contributed by atoms with Gasteiger partial charge in [0, 0.05) is 36.5 Å². The summed E-state index contributed by atoms with van der Waals surface area (Å²) in [5.41, 5.74) is 10.4. The summed E-state index contributed by atoms with van der Waals surface area (Å²) >= 11 is 1.88. The molecule has 0 saturated heterocycles. The molecular formula is C46H31N3S. The van der Waals surface area contributed by atoms with Crippen LogP contribution in [0, 0.1) is 0 Å². The van der Waals surface area contributed by atoms with E-state index in [-0.39, 0.29) is 6.04 Å².